The summed E-state index contributed by atoms with van der Waals surface area (Å²) in [7, 11) is 3.87. The van der Waals surface area contributed by atoms with E-state index >= 15 is 0 Å². The highest BCUT2D eigenvalue weighted by Crippen LogP contribution is 2.53. The molecule has 1 amide bonds. The molecule has 6 heteroatoms. The van der Waals surface area contributed by atoms with Crippen LogP contribution in [0.25, 0.3) is 5.57 Å². The second kappa shape index (κ2) is 14.2. The monoisotopic (exact) mass is 540 g/mol. The fourth-order valence-electron chi connectivity index (χ4n) is 5.72. The lowest BCUT2D eigenvalue weighted by Crippen LogP contribution is -2.47. The number of halogens is 1. The van der Waals surface area contributed by atoms with Crippen molar-refractivity contribution >= 4 is 20.7 Å². The van der Waals surface area contributed by atoms with Crippen LogP contribution in [0.15, 0.2) is 66.4 Å². The predicted molar refractivity (Wildman–Crippen MR) is 161 cm³/mol. The number of benzene rings is 1. The third-order valence-corrected chi connectivity index (χ3v) is 7.79. The maximum Gasteiger partial charge on any atom is 0.235 e. The molecule has 0 radical (unpaired) electrons. The molecule has 0 heterocycles. The van der Waals surface area contributed by atoms with Crippen LogP contribution in [0.3, 0.4) is 0 Å². The summed E-state index contributed by atoms with van der Waals surface area (Å²) in [5.41, 5.74) is 4.49. The number of hydrogen-bond donors (Lipinski definition) is 2. The van der Waals surface area contributed by atoms with E-state index in [-0.39, 0.29) is 12.5 Å². The summed E-state index contributed by atoms with van der Waals surface area (Å²) in [6, 6.07) is 8.67. The van der Waals surface area contributed by atoms with Gasteiger partial charge in [0.15, 0.2) is 0 Å². The van der Waals surface area contributed by atoms with Gasteiger partial charge in [0.25, 0.3) is 0 Å². The number of rotatable bonds is 16. The van der Waals surface area contributed by atoms with Gasteiger partial charge in [-0.15, -0.1) is 0 Å². The Hall–Kier alpha value is -2.23. The Bertz CT molecular complexity index is 1060. The van der Waals surface area contributed by atoms with Crippen LogP contribution in [-0.2, 0) is 14.9 Å². The minimum atomic E-state index is -1.55. The summed E-state index contributed by atoms with van der Waals surface area (Å²) in [4.78, 5) is 14.0. The quantitative estimate of drug-likeness (QED) is 0.173. The summed E-state index contributed by atoms with van der Waals surface area (Å²) in [6.07, 6.45) is 17.7. The number of amides is 1. The van der Waals surface area contributed by atoms with Crippen molar-refractivity contribution in [1.82, 2.24) is 10.6 Å². The smallest absolute Gasteiger partial charge is 0.235 e. The second-order valence-electron chi connectivity index (χ2n) is 10.9. The Morgan fingerprint density at radius 3 is 2.71 bits per heavy atom. The van der Waals surface area contributed by atoms with E-state index in [1.54, 1.807) is 7.11 Å². The van der Waals surface area contributed by atoms with Gasteiger partial charge in [0.2, 0.25) is 5.91 Å². The normalized spacial score (nSPS) is 20.3. The molecule has 4 nitrogen and oxygen atoms in total. The lowest BCUT2D eigenvalue weighted by molar-refractivity contribution is -0.125. The van der Waals surface area contributed by atoms with Crippen molar-refractivity contribution in [3.8, 4) is 0 Å². The van der Waals surface area contributed by atoms with Crippen LogP contribution in [0.1, 0.15) is 82.8 Å². The van der Waals surface area contributed by atoms with E-state index in [9.17, 15) is 9.18 Å². The average Bonchev–Trinajstić information content (AvgIpc) is 3.01. The summed E-state index contributed by atoms with van der Waals surface area (Å²) >= 11 is 0. The summed E-state index contributed by atoms with van der Waals surface area (Å²) in [5.74, 6) is -0.102. The number of methoxy groups -OCH3 is 1. The molecule has 0 saturated carbocycles. The first kappa shape index (κ1) is 30.3. The second-order valence-corrected chi connectivity index (χ2v) is 12.1. The summed E-state index contributed by atoms with van der Waals surface area (Å²) in [6.45, 7) is 8.21. The zero-order chi connectivity index (χ0) is 27.6. The van der Waals surface area contributed by atoms with Crippen molar-refractivity contribution in [3.63, 3.8) is 0 Å². The average molecular weight is 541 g/mol. The molecule has 1 aromatic rings. The van der Waals surface area contributed by atoms with Crippen molar-refractivity contribution in [2.75, 3.05) is 20.3 Å². The Kier molecular flexibility index (Phi) is 11.4. The molecule has 3 rings (SSSR count). The van der Waals surface area contributed by atoms with E-state index in [1.165, 1.54) is 6.92 Å². The number of alkyl halides is 1. The van der Waals surface area contributed by atoms with E-state index in [2.05, 4.69) is 69.8 Å². The number of fused-ring (bicyclic) bond motifs is 3. The van der Waals surface area contributed by atoms with Gasteiger partial charge in [0.05, 0.1) is 13.2 Å². The molecule has 0 spiro atoms. The predicted octanol–water partition coefficient (Wildman–Crippen LogP) is 7.14. The molecule has 0 aliphatic heterocycles. The van der Waals surface area contributed by atoms with Gasteiger partial charge in [-0.25, -0.2) is 4.39 Å². The van der Waals surface area contributed by atoms with Gasteiger partial charge >= 0.3 is 0 Å². The zero-order valence-electron chi connectivity index (χ0n) is 23.5. The van der Waals surface area contributed by atoms with E-state index in [4.69, 9.17) is 4.74 Å². The highest BCUT2D eigenvalue weighted by atomic mass is 31.0. The molecule has 4 atom stereocenters. The van der Waals surface area contributed by atoms with Crippen LogP contribution in [0, 0.1) is 0 Å². The van der Waals surface area contributed by atoms with Crippen LogP contribution < -0.4 is 10.6 Å². The van der Waals surface area contributed by atoms with E-state index in [0.29, 0.717) is 19.1 Å². The van der Waals surface area contributed by atoms with Crippen LogP contribution >= 0.6 is 9.24 Å². The first-order chi connectivity index (χ1) is 18.2. The fraction of sp³-hybridized carbons (Fsp3) is 0.531. The molecule has 2 N–H and O–H groups in total. The molecule has 0 fully saturated rings. The van der Waals surface area contributed by atoms with E-state index < -0.39 is 10.8 Å². The molecule has 2 aliphatic rings. The molecule has 2 aliphatic carbocycles. The van der Waals surface area contributed by atoms with Crippen LogP contribution in [-0.4, -0.2) is 37.6 Å². The minimum Gasteiger partial charge on any atom is -0.384 e. The van der Waals surface area contributed by atoms with Crippen molar-refractivity contribution in [3.05, 3.63) is 77.5 Å². The summed E-state index contributed by atoms with van der Waals surface area (Å²) in [5, 5.41) is 4.88. The van der Waals surface area contributed by atoms with Crippen molar-refractivity contribution < 1.29 is 13.9 Å². The Balaban J connectivity index is 1.67. The van der Waals surface area contributed by atoms with Gasteiger partial charge in [-0.2, -0.15) is 0 Å². The number of carbonyl (C=O) groups is 1. The van der Waals surface area contributed by atoms with Gasteiger partial charge in [0, 0.05) is 18.8 Å². The molecule has 4 unspecified atom stereocenters. The number of nitrogens with one attached hydrogen (secondary N) is 2. The first-order valence-corrected chi connectivity index (χ1v) is 14.7. The van der Waals surface area contributed by atoms with Crippen molar-refractivity contribution in [2.24, 2.45) is 0 Å². The number of unbranched alkanes of at least 4 members (excludes halogenated alkanes) is 4. The van der Waals surface area contributed by atoms with Gasteiger partial charge in [0.1, 0.15) is 10.8 Å². The van der Waals surface area contributed by atoms with Crippen LogP contribution in [0.2, 0.25) is 0 Å². The molecular formula is C32H46FN2O2P. The maximum absolute atomic E-state index is 14.4. The van der Waals surface area contributed by atoms with Crippen molar-refractivity contribution in [2.45, 2.75) is 88.5 Å². The molecule has 0 aromatic heterocycles. The lowest BCUT2D eigenvalue weighted by atomic mass is 9.72. The van der Waals surface area contributed by atoms with Gasteiger partial charge in [-0.05, 0) is 54.9 Å². The topological polar surface area (TPSA) is 50.4 Å². The van der Waals surface area contributed by atoms with E-state index in [1.807, 2.05) is 12.1 Å². The summed E-state index contributed by atoms with van der Waals surface area (Å²) < 4.78 is 19.5. The fourth-order valence-corrected chi connectivity index (χ4v) is 5.82. The zero-order valence-corrected chi connectivity index (χ0v) is 24.6. The Morgan fingerprint density at radius 1 is 1.24 bits per heavy atom. The largest absolute Gasteiger partial charge is 0.384 e. The molecule has 1 aromatic carbocycles. The maximum atomic E-state index is 14.4. The standard InChI is InChI=1S/C32H46FN2O2P/c1-5-25(35-24(2)22-37-4)16-10-7-6-8-15-21-32(30(36)34-23-31(3,33)38)28-19-12-9-11-17-26(28)27-18-13-14-20-29(27)32/h9,12-14,17-20,25,35H,2,5-8,10-11,15-16,21-23,38H2,1,3-4H3,(H,34,36). The van der Waals surface area contributed by atoms with Gasteiger partial charge in [-0.3, -0.25) is 4.79 Å². The Morgan fingerprint density at radius 2 is 1.97 bits per heavy atom. The number of allylic oxidation sites excluding steroid dienone is 5. The number of ether oxygens (including phenoxy) is 1. The lowest BCUT2D eigenvalue weighted by Gasteiger charge is -2.32. The number of hydrogen-bond acceptors (Lipinski definition) is 3. The van der Waals surface area contributed by atoms with Crippen LogP contribution in [0.5, 0.6) is 0 Å². The van der Waals surface area contributed by atoms with Gasteiger partial charge in [-0.1, -0.05) is 103 Å². The molecule has 0 bridgehead atoms. The SMILES string of the molecule is C=C(COC)NC(CC)CCCCCCCC1(C(=O)NCC(C)(F)P)C2=CC=CCC=C2c2ccccc21. The third kappa shape index (κ3) is 7.67. The first-order valence-electron chi connectivity index (χ1n) is 14.1. The minimum absolute atomic E-state index is 0.0357. The third-order valence-electron chi connectivity index (χ3n) is 7.59. The molecule has 38 heavy (non-hydrogen) atoms. The molecular weight excluding hydrogens is 494 g/mol. The highest BCUT2D eigenvalue weighted by Gasteiger charge is 2.50. The number of carbonyl (C=O) groups excluding carboxylic acids is 1. The van der Waals surface area contributed by atoms with Crippen molar-refractivity contribution in [1.29, 1.82) is 0 Å². The Labute approximate surface area is 231 Å². The van der Waals surface area contributed by atoms with Gasteiger partial charge < -0.3 is 15.4 Å². The van der Waals surface area contributed by atoms with Crippen LogP contribution in [0.4, 0.5) is 4.39 Å². The highest BCUT2D eigenvalue weighted by molar-refractivity contribution is 7.18. The van der Waals surface area contributed by atoms with E-state index in [0.717, 1.165) is 79.3 Å². The molecule has 208 valence electrons. The molecule has 0 saturated heterocycles.